The van der Waals surface area contributed by atoms with Crippen LogP contribution in [0.25, 0.3) is 0 Å². The molecular formula is C14H24N2O2. The first-order chi connectivity index (χ1) is 8.65. The first-order valence-electron chi connectivity index (χ1n) is 6.43. The highest BCUT2D eigenvalue weighted by atomic mass is 16.5. The standard InChI is InChI=1S/C14H24N2O2/c1-11(2)18-13-8-6-7-12(14(13)15)16-9-4-5-10-17-3/h6-8,11,16H,4-5,9-10,15H2,1-3H3. The zero-order valence-corrected chi connectivity index (χ0v) is 11.5. The van der Waals surface area contributed by atoms with E-state index < -0.39 is 0 Å². The van der Waals surface area contributed by atoms with Crippen LogP contribution in [-0.4, -0.2) is 26.4 Å². The number of nitrogen functional groups attached to an aromatic ring is 1. The molecule has 0 aliphatic rings. The van der Waals surface area contributed by atoms with Gasteiger partial charge >= 0.3 is 0 Å². The summed E-state index contributed by atoms with van der Waals surface area (Å²) >= 11 is 0. The SMILES string of the molecule is COCCCCNc1cccc(OC(C)C)c1N. The summed E-state index contributed by atoms with van der Waals surface area (Å²) in [5.41, 5.74) is 7.67. The molecule has 0 aliphatic heterocycles. The number of anilines is 2. The number of ether oxygens (including phenoxy) is 2. The van der Waals surface area contributed by atoms with Crippen LogP contribution in [0, 0.1) is 0 Å². The number of hydrogen-bond acceptors (Lipinski definition) is 4. The number of para-hydroxylation sites is 1. The van der Waals surface area contributed by atoms with E-state index in [9.17, 15) is 0 Å². The summed E-state index contributed by atoms with van der Waals surface area (Å²) in [6, 6.07) is 5.82. The van der Waals surface area contributed by atoms with Crippen LogP contribution in [0.3, 0.4) is 0 Å². The number of rotatable bonds is 8. The Hall–Kier alpha value is -1.42. The van der Waals surface area contributed by atoms with Crippen molar-refractivity contribution in [3.63, 3.8) is 0 Å². The highest BCUT2D eigenvalue weighted by molar-refractivity contribution is 5.72. The average Bonchev–Trinajstić information content (AvgIpc) is 2.33. The van der Waals surface area contributed by atoms with Crippen molar-refractivity contribution in [2.24, 2.45) is 0 Å². The fourth-order valence-electron chi connectivity index (χ4n) is 1.65. The van der Waals surface area contributed by atoms with E-state index in [1.54, 1.807) is 7.11 Å². The van der Waals surface area contributed by atoms with Crippen LogP contribution in [-0.2, 0) is 4.74 Å². The Morgan fingerprint density at radius 2 is 2.06 bits per heavy atom. The van der Waals surface area contributed by atoms with Crippen molar-refractivity contribution in [2.45, 2.75) is 32.8 Å². The topological polar surface area (TPSA) is 56.5 Å². The van der Waals surface area contributed by atoms with Gasteiger partial charge in [-0.1, -0.05) is 6.07 Å². The molecule has 0 saturated heterocycles. The van der Waals surface area contributed by atoms with Gasteiger partial charge in [0, 0.05) is 20.3 Å². The van der Waals surface area contributed by atoms with Gasteiger partial charge in [0.15, 0.2) is 0 Å². The molecule has 4 nitrogen and oxygen atoms in total. The van der Waals surface area contributed by atoms with E-state index in [4.69, 9.17) is 15.2 Å². The van der Waals surface area contributed by atoms with Gasteiger partial charge in [0.25, 0.3) is 0 Å². The van der Waals surface area contributed by atoms with Crippen LogP contribution in [0.2, 0.25) is 0 Å². The Bertz CT molecular complexity index is 354. The normalized spacial score (nSPS) is 10.7. The summed E-state index contributed by atoms with van der Waals surface area (Å²) in [4.78, 5) is 0. The summed E-state index contributed by atoms with van der Waals surface area (Å²) in [5, 5.41) is 3.32. The van der Waals surface area contributed by atoms with E-state index in [-0.39, 0.29) is 6.10 Å². The number of unbranched alkanes of at least 4 members (excludes halogenated alkanes) is 1. The third-order valence-corrected chi connectivity index (χ3v) is 2.52. The van der Waals surface area contributed by atoms with E-state index in [0.717, 1.165) is 37.4 Å². The minimum absolute atomic E-state index is 0.129. The van der Waals surface area contributed by atoms with Gasteiger partial charge in [-0.15, -0.1) is 0 Å². The second kappa shape index (κ2) is 7.82. The number of nitrogens with one attached hydrogen (secondary N) is 1. The first-order valence-corrected chi connectivity index (χ1v) is 6.43. The van der Waals surface area contributed by atoms with Crippen LogP contribution in [0.1, 0.15) is 26.7 Å². The number of hydrogen-bond donors (Lipinski definition) is 2. The highest BCUT2D eigenvalue weighted by Crippen LogP contribution is 2.30. The number of methoxy groups -OCH3 is 1. The van der Waals surface area contributed by atoms with Crippen molar-refractivity contribution in [3.05, 3.63) is 18.2 Å². The lowest BCUT2D eigenvalue weighted by atomic mass is 10.2. The summed E-state index contributed by atoms with van der Waals surface area (Å²) in [6.07, 6.45) is 2.23. The third kappa shape index (κ3) is 4.84. The molecule has 1 rings (SSSR count). The Labute approximate surface area is 109 Å². The van der Waals surface area contributed by atoms with Gasteiger partial charge in [0.2, 0.25) is 0 Å². The van der Waals surface area contributed by atoms with Crippen molar-refractivity contribution in [3.8, 4) is 5.75 Å². The molecule has 0 aliphatic carbocycles. The van der Waals surface area contributed by atoms with Crippen molar-refractivity contribution in [1.29, 1.82) is 0 Å². The lowest BCUT2D eigenvalue weighted by Crippen LogP contribution is -2.10. The quantitative estimate of drug-likeness (QED) is 0.552. The van der Waals surface area contributed by atoms with Crippen molar-refractivity contribution >= 4 is 11.4 Å². The Morgan fingerprint density at radius 1 is 1.28 bits per heavy atom. The van der Waals surface area contributed by atoms with E-state index in [1.807, 2.05) is 32.0 Å². The summed E-state index contributed by atoms with van der Waals surface area (Å²) in [5.74, 6) is 0.742. The van der Waals surface area contributed by atoms with Gasteiger partial charge in [-0.3, -0.25) is 0 Å². The van der Waals surface area contributed by atoms with E-state index in [0.29, 0.717) is 5.69 Å². The van der Waals surface area contributed by atoms with Crippen LogP contribution in [0.5, 0.6) is 5.75 Å². The zero-order valence-electron chi connectivity index (χ0n) is 11.5. The molecule has 1 aromatic carbocycles. The molecule has 3 N–H and O–H groups in total. The van der Waals surface area contributed by atoms with Crippen molar-refractivity contribution in [2.75, 3.05) is 31.3 Å². The van der Waals surface area contributed by atoms with E-state index >= 15 is 0 Å². The summed E-state index contributed by atoms with van der Waals surface area (Å²) < 4.78 is 10.7. The predicted molar refractivity (Wildman–Crippen MR) is 76.2 cm³/mol. The molecule has 0 saturated carbocycles. The molecule has 18 heavy (non-hydrogen) atoms. The molecule has 0 spiro atoms. The molecule has 0 heterocycles. The highest BCUT2D eigenvalue weighted by Gasteiger charge is 2.06. The maximum atomic E-state index is 6.06. The lowest BCUT2D eigenvalue weighted by molar-refractivity contribution is 0.194. The maximum absolute atomic E-state index is 6.06. The fraction of sp³-hybridized carbons (Fsp3) is 0.571. The van der Waals surface area contributed by atoms with Crippen LogP contribution >= 0.6 is 0 Å². The second-order valence-electron chi connectivity index (χ2n) is 4.51. The minimum Gasteiger partial charge on any atom is -0.489 e. The second-order valence-corrected chi connectivity index (χ2v) is 4.51. The van der Waals surface area contributed by atoms with Gasteiger partial charge in [-0.05, 0) is 38.8 Å². The lowest BCUT2D eigenvalue weighted by Gasteiger charge is -2.15. The Morgan fingerprint density at radius 3 is 2.72 bits per heavy atom. The maximum Gasteiger partial charge on any atom is 0.144 e. The number of nitrogens with two attached hydrogens (primary N) is 1. The first kappa shape index (κ1) is 14.6. The summed E-state index contributed by atoms with van der Waals surface area (Å²) in [7, 11) is 1.72. The molecule has 0 aromatic heterocycles. The molecule has 0 atom stereocenters. The molecule has 0 fully saturated rings. The van der Waals surface area contributed by atoms with Gasteiger partial charge in [0.1, 0.15) is 5.75 Å². The molecular weight excluding hydrogens is 228 g/mol. The fourth-order valence-corrected chi connectivity index (χ4v) is 1.65. The molecule has 4 heteroatoms. The predicted octanol–water partition coefficient (Wildman–Crippen LogP) is 2.89. The van der Waals surface area contributed by atoms with Crippen LogP contribution in [0.4, 0.5) is 11.4 Å². The van der Waals surface area contributed by atoms with Crippen molar-refractivity contribution < 1.29 is 9.47 Å². The minimum atomic E-state index is 0.129. The largest absolute Gasteiger partial charge is 0.489 e. The molecule has 0 unspecified atom stereocenters. The molecule has 1 aromatic rings. The third-order valence-electron chi connectivity index (χ3n) is 2.52. The zero-order chi connectivity index (χ0) is 13.4. The van der Waals surface area contributed by atoms with E-state index in [2.05, 4.69) is 5.32 Å². The number of benzene rings is 1. The van der Waals surface area contributed by atoms with Gasteiger partial charge < -0.3 is 20.5 Å². The van der Waals surface area contributed by atoms with Crippen LogP contribution in [0.15, 0.2) is 18.2 Å². The van der Waals surface area contributed by atoms with E-state index in [1.165, 1.54) is 0 Å². The molecule has 0 radical (unpaired) electrons. The van der Waals surface area contributed by atoms with Crippen LogP contribution < -0.4 is 15.8 Å². The van der Waals surface area contributed by atoms with Crippen molar-refractivity contribution in [1.82, 2.24) is 0 Å². The van der Waals surface area contributed by atoms with Gasteiger partial charge in [-0.25, -0.2) is 0 Å². The molecule has 0 bridgehead atoms. The average molecular weight is 252 g/mol. The smallest absolute Gasteiger partial charge is 0.144 e. The Kier molecular flexibility index (Phi) is 6.36. The molecule has 102 valence electrons. The molecule has 0 amide bonds. The van der Waals surface area contributed by atoms with Gasteiger partial charge in [-0.2, -0.15) is 0 Å². The van der Waals surface area contributed by atoms with Gasteiger partial charge in [0.05, 0.1) is 17.5 Å². The Balaban J connectivity index is 2.50. The summed E-state index contributed by atoms with van der Waals surface area (Å²) in [6.45, 7) is 5.67. The monoisotopic (exact) mass is 252 g/mol.